The molecule has 1 aromatic carbocycles. The number of nitrogens with one attached hydrogen (secondary N) is 1. The molecule has 0 unspecified atom stereocenters. The summed E-state index contributed by atoms with van der Waals surface area (Å²) in [5, 5.41) is 9.46. The summed E-state index contributed by atoms with van der Waals surface area (Å²) in [6, 6.07) is 5.99. The first-order chi connectivity index (χ1) is 12.2. The van der Waals surface area contributed by atoms with Gasteiger partial charge < -0.3 is 15.8 Å². The predicted octanol–water partition coefficient (Wildman–Crippen LogP) is 3.75. The number of hydrogen-bond donors (Lipinski definition) is 3. The number of carbonyl (C=O) groups is 1. The van der Waals surface area contributed by atoms with Gasteiger partial charge in [-0.25, -0.2) is 14.8 Å². The quantitative estimate of drug-likeness (QED) is 0.658. The zero-order valence-electron chi connectivity index (χ0n) is 13.4. The van der Waals surface area contributed by atoms with Crippen molar-refractivity contribution in [2.45, 2.75) is 13.1 Å². The second kappa shape index (κ2) is 6.17. The molecule has 0 amide bonds. The van der Waals surface area contributed by atoms with Crippen molar-refractivity contribution in [2.24, 2.45) is 0 Å². The molecule has 0 radical (unpaired) electrons. The minimum atomic E-state index is -4.54. The Bertz CT molecular complexity index is 996. The lowest BCUT2D eigenvalue weighted by molar-refractivity contribution is -0.137. The molecule has 26 heavy (non-hydrogen) atoms. The van der Waals surface area contributed by atoms with Crippen molar-refractivity contribution in [3.8, 4) is 22.6 Å². The van der Waals surface area contributed by atoms with Crippen LogP contribution in [0.1, 0.15) is 21.5 Å². The first-order valence-corrected chi connectivity index (χ1v) is 7.40. The number of alkyl halides is 3. The van der Waals surface area contributed by atoms with Crippen LogP contribution in [0.2, 0.25) is 0 Å². The van der Waals surface area contributed by atoms with Gasteiger partial charge in [0.1, 0.15) is 0 Å². The van der Waals surface area contributed by atoms with E-state index in [0.717, 1.165) is 12.1 Å². The number of carboxylic acids is 1. The fourth-order valence-corrected chi connectivity index (χ4v) is 2.57. The Morgan fingerprint density at radius 2 is 1.96 bits per heavy atom. The largest absolute Gasteiger partial charge is 0.478 e. The predicted molar refractivity (Wildman–Crippen MR) is 88.4 cm³/mol. The highest BCUT2D eigenvalue weighted by Gasteiger charge is 2.31. The number of aromatic nitrogens is 3. The average Bonchev–Trinajstić information content (AvgIpc) is 2.99. The van der Waals surface area contributed by atoms with Crippen molar-refractivity contribution in [1.82, 2.24) is 15.0 Å². The molecule has 0 aliphatic heterocycles. The van der Waals surface area contributed by atoms with Crippen molar-refractivity contribution in [3.63, 3.8) is 0 Å². The molecule has 0 aliphatic carbocycles. The molecule has 2 aromatic heterocycles. The number of nitrogens with zero attached hydrogens (tertiary/aromatic N) is 2. The molecular formula is C17H13F3N4O2. The van der Waals surface area contributed by atoms with E-state index < -0.39 is 17.7 Å². The molecule has 3 rings (SSSR count). The summed E-state index contributed by atoms with van der Waals surface area (Å²) in [4.78, 5) is 22.2. The molecule has 4 N–H and O–H groups in total. The van der Waals surface area contributed by atoms with Crippen molar-refractivity contribution in [2.75, 3.05) is 5.73 Å². The maximum Gasteiger partial charge on any atom is 0.416 e. The van der Waals surface area contributed by atoms with E-state index >= 15 is 0 Å². The van der Waals surface area contributed by atoms with Crippen LogP contribution >= 0.6 is 0 Å². The molecule has 9 heteroatoms. The normalized spacial score (nSPS) is 11.5. The van der Waals surface area contributed by atoms with Crippen molar-refractivity contribution < 1.29 is 23.1 Å². The van der Waals surface area contributed by atoms with E-state index in [1.807, 2.05) is 0 Å². The van der Waals surface area contributed by atoms with Crippen LogP contribution in [0.15, 0.2) is 36.5 Å². The van der Waals surface area contributed by atoms with Crippen molar-refractivity contribution in [3.05, 3.63) is 53.2 Å². The van der Waals surface area contributed by atoms with Crippen LogP contribution in [0.4, 0.5) is 19.1 Å². The number of nitrogens with two attached hydrogens (primary N) is 1. The Labute approximate surface area is 145 Å². The third kappa shape index (κ3) is 3.23. The van der Waals surface area contributed by atoms with Crippen LogP contribution in [0.5, 0.6) is 0 Å². The number of aromatic amines is 1. The smallest absolute Gasteiger partial charge is 0.416 e. The Morgan fingerprint density at radius 1 is 1.23 bits per heavy atom. The fourth-order valence-electron chi connectivity index (χ4n) is 2.57. The van der Waals surface area contributed by atoms with Crippen LogP contribution in [0.3, 0.4) is 0 Å². The minimum Gasteiger partial charge on any atom is -0.478 e. The third-order valence-corrected chi connectivity index (χ3v) is 3.83. The van der Waals surface area contributed by atoms with E-state index in [2.05, 4.69) is 15.0 Å². The number of rotatable bonds is 3. The molecule has 134 valence electrons. The maximum atomic E-state index is 13.0. The highest BCUT2D eigenvalue weighted by atomic mass is 19.4. The molecule has 0 saturated carbocycles. The first-order valence-electron chi connectivity index (χ1n) is 7.40. The van der Waals surface area contributed by atoms with Gasteiger partial charge in [-0.1, -0.05) is 6.07 Å². The monoisotopic (exact) mass is 362 g/mol. The lowest BCUT2D eigenvalue weighted by Crippen LogP contribution is -2.06. The molecule has 0 saturated heterocycles. The minimum absolute atomic E-state index is 0.00854. The second-order valence-corrected chi connectivity index (χ2v) is 5.60. The number of aromatic carboxylic acids is 1. The van der Waals surface area contributed by atoms with Gasteiger partial charge in [-0.2, -0.15) is 13.2 Å². The number of H-pyrrole nitrogens is 1. The van der Waals surface area contributed by atoms with Crippen LogP contribution in [-0.2, 0) is 6.18 Å². The third-order valence-electron chi connectivity index (χ3n) is 3.83. The summed E-state index contributed by atoms with van der Waals surface area (Å²) in [7, 11) is 0. The molecule has 0 spiro atoms. The molecule has 3 aromatic rings. The van der Waals surface area contributed by atoms with Gasteiger partial charge in [0.2, 0.25) is 5.95 Å². The molecule has 0 bridgehead atoms. The van der Waals surface area contributed by atoms with E-state index in [0.29, 0.717) is 17.0 Å². The van der Waals surface area contributed by atoms with Crippen molar-refractivity contribution in [1.29, 1.82) is 0 Å². The standard InChI is InChI=1S/C17H13F3N4O2/c1-8-2-3-9(17(18,19)20)6-10(8)14-11(15(25)26)7-13(23-14)12-4-5-22-16(21)24-12/h2-7,23H,1H3,(H,25,26)(H2,21,22,24). The Kier molecular flexibility index (Phi) is 4.15. The van der Waals surface area contributed by atoms with Gasteiger partial charge in [0.05, 0.1) is 28.2 Å². The lowest BCUT2D eigenvalue weighted by atomic mass is 9.99. The SMILES string of the molecule is Cc1ccc(C(F)(F)F)cc1-c1[nH]c(-c2ccnc(N)n2)cc1C(=O)O. The van der Waals surface area contributed by atoms with Crippen LogP contribution in [0, 0.1) is 6.92 Å². The zero-order valence-corrected chi connectivity index (χ0v) is 13.4. The summed E-state index contributed by atoms with van der Waals surface area (Å²) >= 11 is 0. The Morgan fingerprint density at radius 3 is 2.58 bits per heavy atom. The number of anilines is 1. The highest BCUT2D eigenvalue weighted by molar-refractivity contribution is 5.97. The molecular weight excluding hydrogens is 349 g/mol. The van der Waals surface area contributed by atoms with Crippen LogP contribution < -0.4 is 5.73 Å². The van der Waals surface area contributed by atoms with E-state index in [9.17, 15) is 23.1 Å². The van der Waals surface area contributed by atoms with Gasteiger partial charge in [-0.05, 0) is 36.8 Å². The van der Waals surface area contributed by atoms with E-state index in [1.165, 1.54) is 24.4 Å². The number of halogens is 3. The van der Waals surface area contributed by atoms with Gasteiger partial charge >= 0.3 is 12.1 Å². The first kappa shape index (κ1) is 17.5. The van der Waals surface area contributed by atoms with Gasteiger partial charge in [-0.15, -0.1) is 0 Å². The van der Waals surface area contributed by atoms with Gasteiger partial charge in [-0.3, -0.25) is 0 Å². The fraction of sp³-hybridized carbons (Fsp3) is 0.118. The average molecular weight is 362 g/mol. The van der Waals surface area contributed by atoms with Gasteiger partial charge in [0.25, 0.3) is 0 Å². The summed E-state index contributed by atoms with van der Waals surface area (Å²) < 4.78 is 39.1. The summed E-state index contributed by atoms with van der Waals surface area (Å²) in [5.74, 6) is -1.29. The maximum absolute atomic E-state index is 13.0. The number of benzene rings is 1. The summed E-state index contributed by atoms with van der Waals surface area (Å²) in [5.41, 5.74) is 5.84. The zero-order chi connectivity index (χ0) is 19.1. The van der Waals surface area contributed by atoms with Crippen LogP contribution in [0.25, 0.3) is 22.6 Å². The van der Waals surface area contributed by atoms with E-state index in [4.69, 9.17) is 5.73 Å². The van der Waals surface area contributed by atoms with Gasteiger partial charge in [0, 0.05) is 11.8 Å². The molecule has 0 atom stereocenters. The number of carboxylic acid groups (broad SMARTS) is 1. The summed E-state index contributed by atoms with van der Waals surface area (Å²) in [6.45, 7) is 1.60. The Balaban J connectivity index is 2.21. The molecule has 2 heterocycles. The topological polar surface area (TPSA) is 105 Å². The van der Waals surface area contributed by atoms with Gasteiger partial charge in [0.15, 0.2) is 0 Å². The lowest BCUT2D eigenvalue weighted by Gasteiger charge is -2.11. The number of nitrogen functional groups attached to an aromatic ring is 1. The Hall–Kier alpha value is -3.36. The van der Waals surface area contributed by atoms with E-state index in [-0.39, 0.29) is 22.8 Å². The highest BCUT2D eigenvalue weighted by Crippen LogP contribution is 2.36. The second-order valence-electron chi connectivity index (χ2n) is 5.60. The number of aryl methyl sites for hydroxylation is 1. The molecule has 0 fully saturated rings. The van der Waals surface area contributed by atoms with Crippen LogP contribution in [-0.4, -0.2) is 26.0 Å². The number of hydrogen-bond acceptors (Lipinski definition) is 4. The summed E-state index contributed by atoms with van der Waals surface area (Å²) in [6.07, 6.45) is -3.14. The molecule has 6 nitrogen and oxygen atoms in total. The van der Waals surface area contributed by atoms with Crippen molar-refractivity contribution >= 4 is 11.9 Å². The van der Waals surface area contributed by atoms with E-state index in [1.54, 1.807) is 6.92 Å². The molecule has 0 aliphatic rings.